The zero-order chi connectivity index (χ0) is 10.6. The molecule has 0 amide bonds. The molecule has 0 aromatic heterocycles. The fraction of sp³-hybridized carbons (Fsp3) is 0.333. The highest BCUT2D eigenvalue weighted by Gasteiger charge is 2.19. The van der Waals surface area contributed by atoms with Crippen molar-refractivity contribution < 1.29 is 5.11 Å². The molecule has 0 spiro atoms. The summed E-state index contributed by atoms with van der Waals surface area (Å²) >= 11 is 5.87. The number of hydrogen-bond donors (Lipinski definition) is 1. The second kappa shape index (κ2) is 4.52. The van der Waals surface area contributed by atoms with Crippen LogP contribution in [-0.2, 0) is 6.42 Å². The van der Waals surface area contributed by atoms with Gasteiger partial charge < -0.3 is 5.11 Å². The van der Waals surface area contributed by atoms with Gasteiger partial charge in [0.05, 0.1) is 0 Å². The van der Waals surface area contributed by atoms with Crippen molar-refractivity contribution in [3.63, 3.8) is 0 Å². The van der Waals surface area contributed by atoms with E-state index in [4.69, 9.17) is 16.7 Å². The second-order valence-corrected chi connectivity index (χ2v) is 4.10. The summed E-state index contributed by atoms with van der Waals surface area (Å²) in [4.78, 5) is 0. The summed E-state index contributed by atoms with van der Waals surface area (Å²) in [5, 5.41) is 9.12. The monoisotopic (exact) mass is 210 g/mol. The topological polar surface area (TPSA) is 20.2 Å². The molecule has 1 rings (SSSR count). The molecule has 0 aliphatic heterocycles. The molecule has 0 radical (unpaired) electrons. The molecule has 0 saturated heterocycles. The van der Waals surface area contributed by atoms with E-state index < -0.39 is 0 Å². The fourth-order valence-electron chi connectivity index (χ4n) is 1.25. The molecule has 76 valence electrons. The van der Waals surface area contributed by atoms with E-state index in [-0.39, 0.29) is 5.41 Å². The highest BCUT2D eigenvalue weighted by Crippen LogP contribution is 2.26. The first kappa shape index (κ1) is 11.1. The molecular formula is C12H15ClO. The minimum atomic E-state index is -0.0709. The number of phenolic OH excluding ortho intramolecular Hbond substituents is 1. The van der Waals surface area contributed by atoms with Gasteiger partial charge in [-0.3, -0.25) is 0 Å². The van der Waals surface area contributed by atoms with E-state index in [2.05, 4.69) is 13.5 Å². The Hall–Kier alpha value is -0.950. The standard InChI is InChI=1S/C12H15ClO/c1-3-12(2,9-13)8-10-4-6-11(14)7-5-10/h3-7,14H,1,8-9H2,2H3. The summed E-state index contributed by atoms with van der Waals surface area (Å²) in [6.07, 6.45) is 2.73. The Morgan fingerprint density at radius 3 is 2.43 bits per heavy atom. The van der Waals surface area contributed by atoms with Crippen LogP contribution in [-0.4, -0.2) is 11.0 Å². The van der Waals surface area contributed by atoms with Gasteiger partial charge in [-0.15, -0.1) is 18.2 Å². The van der Waals surface area contributed by atoms with Crippen molar-refractivity contribution >= 4 is 11.6 Å². The van der Waals surface area contributed by atoms with Gasteiger partial charge in [0.25, 0.3) is 0 Å². The molecular weight excluding hydrogens is 196 g/mol. The minimum absolute atomic E-state index is 0.0709. The molecule has 1 N–H and O–H groups in total. The SMILES string of the molecule is C=CC(C)(CCl)Cc1ccc(O)cc1. The maximum absolute atomic E-state index is 9.12. The number of benzene rings is 1. The average molecular weight is 211 g/mol. The molecule has 0 bridgehead atoms. The van der Waals surface area contributed by atoms with E-state index in [9.17, 15) is 0 Å². The van der Waals surface area contributed by atoms with Crippen LogP contribution in [0, 0.1) is 5.41 Å². The van der Waals surface area contributed by atoms with Crippen molar-refractivity contribution in [1.29, 1.82) is 0 Å². The Bertz CT molecular complexity index is 305. The Morgan fingerprint density at radius 2 is 2.00 bits per heavy atom. The lowest BCUT2D eigenvalue weighted by atomic mass is 9.86. The van der Waals surface area contributed by atoms with Crippen molar-refractivity contribution in [3.8, 4) is 5.75 Å². The third-order valence-electron chi connectivity index (χ3n) is 2.34. The smallest absolute Gasteiger partial charge is 0.115 e. The molecule has 0 aliphatic rings. The van der Waals surface area contributed by atoms with Crippen molar-refractivity contribution in [2.45, 2.75) is 13.3 Å². The third kappa shape index (κ3) is 2.78. The Balaban J connectivity index is 2.77. The lowest BCUT2D eigenvalue weighted by Gasteiger charge is -2.22. The van der Waals surface area contributed by atoms with Gasteiger partial charge in [0.15, 0.2) is 0 Å². The van der Waals surface area contributed by atoms with Crippen LogP contribution >= 0.6 is 11.6 Å². The van der Waals surface area contributed by atoms with Crippen LogP contribution < -0.4 is 0 Å². The number of phenols is 1. The number of alkyl halides is 1. The summed E-state index contributed by atoms with van der Waals surface area (Å²) in [7, 11) is 0. The van der Waals surface area contributed by atoms with Gasteiger partial charge in [0.1, 0.15) is 5.75 Å². The van der Waals surface area contributed by atoms with Gasteiger partial charge >= 0.3 is 0 Å². The molecule has 0 aliphatic carbocycles. The van der Waals surface area contributed by atoms with E-state index >= 15 is 0 Å². The maximum atomic E-state index is 9.12. The summed E-state index contributed by atoms with van der Waals surface area (Å²) in [6.45, 7) is 5.85. The Labute approximate surface area is 90.0 Å². The lowest BCUT2D eigenvalue weighted by Crippen LogP contribution is -2.18. The molecule has 0 fully saturated rings. The van der Waals surface area contributed by atoms with Crippen LogP contribution in [0.4, 0.5) is 0 Å². The van der Waals surface area contributed by atoms with Crippen molar-refractivity contribution in [1.82, 2.24) is 0 Å². The molecule has 14 heavy (non-hydrogen) atoms. The Morgan fingerprint density at radius 1 is 1.43 bits per heavy atom. The zero-order valence-corrected chi connectivity index (χ0v) is 9.09. The predicted molar refractivity (Wildman–Crippen MR) is 60.8 cm³/mol. The molecule has 2 heteroatoms. The normalized spacial score (nSPS) is 14.7. The number of allylic oxidation sites excluding steroid dienone is 1. The van der Waals surface area contributed by atoms with Crippen LogP contribution in [0.15, 0.2) is 36.9 Å². The number of halogens is 1. The van der Waals surface area contributed by atoms with Crippen molar-refractivity contribution in [2.24, 2.45) is 5.41 Å². The first-order valence-corrected chi connectivity index (χ1v) is 5.10. The molecule has 0 saturated carbocycles. The molecule has 1 aromatic rings. The summed E-state index contributed by atoms with van der Waals surface area (Å²) < 4.78 is 0. The maximum Gasteiger partial charge on any atom is 0.115 e. The Kier molecular flexibility index (Phi) is 3.59. The summed E-state index contributed by atoms with van der Waals surface area (Å²) in [5.41, 5.74) is 1.09. The number of rotatable bonds is 4. The van der Waals surface area contributed by atoms with Crippen molar-refractivity contribution in [3.05, 3.63) is 42.5 Å². The fourth-order valence-corrected chi connectivity index (χ4v) is 1.46. The van der Waals surface area contributed by atoms with Gasteiger partial charge in [-0.2, -0.15) is 0 Å². The van der Waals surface area contributed by atoms with Crippen LogP contribution in [0.5, 0.6) is 5.75 Å². The van der Waals surface area contributed by atoms with Crippen LogP contribution in [0.3, 0.4) is 0 Å². The van der Waals surface area contributed by atoms with Crippen molar-refractivity contribution in [2.75, 3.05) is 5.88 Å². The zero-order valence-electron chi connectivity index (χ0n) is 8.33. The van der Waals surface area contributed by atoms with Gasteiger partial charge in [0, 0.05) is 11.3 Å². The summed E-state index contributed by atoms with van der Waals surface area (Å²) in [5.74, 6) is 0.845. The molecule has 1 nitrogen and oxygen atoms in total. The minimum Gasteiger partial charge on any atom is -0.508 e. The van der Waals surface area contributed by atoms with Crippen LogP contribution in [0.1, 0.15) is 12.5 Å². The summed E-state index contributed by atoms with van der Waals surface area (Å²) in [6, 6.07) is 7.19. The predicted octanol–water partition coefficient (Wildman–Crippen LogP) is 3.37. The molecule has 1 unspecified atom stereocenters. The van der Waals surface area contributed by atoms with E-state index in [1.165, 1.54) is 0 Å². The van der Waals surface area contributed by atoms with Gasteiger partial charge in [-0.05, 0) is 24.1 Å². The first-order chi connectivity index (χ1) is 6.59. The van der Waals surface area contributed by atoms with E-state index in [1.807, 2.05) is 18.2 Å². The van der Waals surface area contributed by atoms with Gasteiger partial charge in [-0.1, -0.05) is 25.1 Å². The molecule has 1 atom stereocenters. The lowest BCUT2D eigenvalue weighted by molar-refractivity contribution is 0.471. The third-order valence-corrected chi connectivity index (χ3v) is 2.95. The molecule has 1 aromatic carbocycles. The van der Waals surface area contributed by atoms with Crippen LogP contribution in [0.25, 0.3) is 0 Å². The highest BCUT2D eigenvalue weighted by molar-refractivity contribution is 6.18. The molecule has 0 heterocycles. The van der Waals surface area contributed by atoms with E-state index in [0.717, 1.165) is 12.0 Å². The quantitative estimate of drug-likeness (QED) is 0.597. The second-order valence-electron chi connectivity index (χ2n) is 3.84. The van der Waals surface area contributed by atoms with E-state index in [0.29, 0.717) is 11.6 Å². The van der Waals surface area contributed by atoms with Crippen LogP contribution in [0.2, 0.25) is 0 Å². The van der Waals surface area contributed by atoms with Gasteiger partial charge in [-0.25, -0.2) is 0 Å². The average Bonchev–Trinajstić information content (AvgIpc) is 2.21. The van der Waals surface area contributed by atoms with Gasteiger partial charge in [0.2, 0.25) is 0 Å². The highest BCUT2D eigenvalue weighted by atomic mass is 35.5. The van der Waals surface area contributed by atoms with E-state index in [1.54, 1.807) is 12.1 Å². The largest absolute Gasteiger partial charge is 0.508 e. The number of aromatic hydroxyl groups is 1. The number of hydrogen-bond acceptors (Lipinski definition) is 1. The first-order valence-electron chi connectivity index (χ1n) is 4.57.